The minimum Gasteiger partial charge on any atom is -0.495 e. The summed E-state index contributed by atoms with van der Waals surface area (Å²) in [5, 5.41) is 0.692. The van der Waals surface area contributed by atoms with Crippen molar-refractivity contribution in [1.82, 2.24) is 0 Å². The summed E-state index contributed by atoms with van der Waals surface area (Å²) in [6.45, 7) is 1.92. The van der Waals surface area contributed by atoms with Crippen molar-refractivity contribution in [3.05, 3.63) is 27.2 Å². The van der Waals surface area contributed by atoms with Crippen LogP contribution in [-0.4, -0.2) is 7.11 Å². The van der Waals surface area contributed by atoms with Crippen LogP contribution < -0.4 is 4.74 Å². The second-order valence-electron chi connectivity index (χ2n) is 2.11. The zero-order chi connectivity index (χ0) is 8.43. The number of methoxy groups -OCH3 is 1. The highest BCUT2D eigenvalue weighted by Crippen LogP contribution is 2.31. The molecule has 0 atom stereocenters. The fourth-order valence-electron chi connectivity index (χ4n) is 0.724. The quantitative estimate of drug-likeness (QED) is 0.725. The molecular formula is C8H7BrClO. The molecule has 0 unspecified atom stereocenters. The van der Waals surface area contributed by atoms with Crippen LogP contribution >= 0.6 is 27.5 Å². The average molecular weight is 234 g/mol. The first kappa shape index (κ1) is 8.88. The maximum absolute atomic E-state index is 5.83. The van der Waals surface area contributed by atoms with Crippen LogP contribution in [0.4, 0.5) is 0 Å². The van der Waals surface area contributed by atoms with Gasteiger partial charge in [-0.3, -0.25) is 0 Å². The highest BCUT2D eigenvalue weighted by molar-refractivity contribution is 9.10. The van der Waals surface area contributed by atoms with Gasteiger partial charge in [-0.2, -0.15) is 0 Å². The topological polar surface area (TPSA) is 9.23 Å². The standard InChI is InChI=1S/C8H7BrClO/c1-5-6(10)3-4-7(11-2)8(5)9/h3H,1-2H3. The van der Waals surface area contributed by atoms with Crippen molar-refractivity contribution < 1.29 is 4.74 Å². The minimum atomic E-state index is 0.687. The molecule has 1 aromatic rings. The maximum Gasteiger partial charge on any atom is 0.141 e. The van der Waals surface area contributed by atoms with Gasteiger partial charge in [-0.15, -0.1) is 0 Å². The van der Waals surface area contributed by atoms with Crippen molar-refractivity contribution in [3.63, 3.8) is 0 Å². The summed E-state index contributed by atoms with van der Waals surface area (Å²) in [6, 6.07) is 4.59. The second-order valence-corrected chi connectivity index (χ2v) is 3.31. The largest absolute Gasteiger partial charge is 0.495 e. The Morgan fingerprint density at radius 1 is 1.64 bits per heavy atom. The van der Waals surface area contributed by atoms with E-state index < -0.39 is 0 Å². The predicted octanol–water partition coefficient (Wildman–Crippen LogP) is 3.22. The monoisotopic (exact) mass is 233 g/mol. The molecule has 59 valence electrons. The van der Waals surface area contributed by atoms with Crippen LogP contribution in [0.5, 0.6) is 5.75 Å². The van der Waals surface area contributed by atoms with Crippen molar-refractivity contribution in [2.45, 2.75) is 6.92 Å². The Kier molecular flexibility index (Phi) is 2.79. The average Bonchev–Trinajstić information content (AvgIpc) is 2.01. The molecule has 0 saturated heterocycles. The van der Waals surface area contributed by atoms with E-state index in [1.165, 1.54) is 0 Å². The van der Waals surface area contributed by atoms with E-state index in [9.17, 15) is 0 Å². The van der Waals surface area contributed by atoms with Gasteiger partial charge in [0.15, 0.2) is 0 Å². The highest BCUT2D eigenvalue weighted by atomic mass is 79.9. The summed E-state index contributed by atoms with van der Waals surface area (Å²) < 4.78 is 5.89. The number of hydrogen-bond donors (Lipinski definition) is 0. The van der Waals surface area contributed by atoms with Crippen LogP contribution in [0, 0.1) is 13.0 Å². The van der Waals surface area contributed by atoms with Gasteiger partial charge in [-0.25, -0.2) is 0 Å². The molecule has 3 heteroatoms. The summed E-state index contributed by atoms with van der Waals surface area (Å²) in [6.07, 6.45) is 0. The Balaban J connectivity index is 3.25. The van der Waals surface area contributed by atoms with Crippen LogP contribution in [0.1, 0.15) is 5.56 Å². The van der Waals surface area contributed by atoms with E-state index in [0.29, 0.717) is 10.8 Å². The predicted molar refractivity (Wildman–Crippen MR) is 49.3 cm³/mol. The molecule has 1 rings (SSSR count). The van der Waals surface area contributed by atoms with Gasteiger partial charge in [0.1, 0.15) is 5.75 Å². The zero-order valence-corrected chi connectivity index (χ0v) is 8.58. The Morgan fingerprint density at radius 2 is 2.27 bits per heavy atom. The van der Waals surface area contributed by atoms with Crippen LogP contribution in [0.2, 0.25) is 5.02 Å². The van der Waals surface area contributed by atoms with Crippen molar-refractivity contribution in [2.24, 2.45) is 0 Å². The fraction of sp³-hybridized carbons (Fsp3) is 0.250. The molecular weight excluding hydrogens is 227 g/mol. The van der Waals surface area contributed by atoms with Gasteiger partial charge in [-0.1, -0.05) is 11.6 Å². The lowest BCUT2D eigenvalue weighted by Gasteiger charge is -2.05. The van der Waals surface area contributed by atoms with Crippen molar-refractivity contribution >= 4 is 27.5 Å². The van der Waals surface area contributed by atoms with E-state index in [-0.39, 0.29) is 0 Å². The fourth-order valence-corrected chi connectivity index (χ4v) is 1.48. The van der Waals surface area contributed by atoms with Crippen LogP contribution in [-0.2, 0) is 0 Å². The SMILES string of the molecule is COc1[c]cc(Cl)c(C)c1Br. The molecule has 0 aliphatic rings. The van der Waals surface area contributed by atoms with Gasteiger partial charge < -0.3 is 4.74 Å². The van der Waals surface area contributed by atoms with Crippen LogP contribution in [0.3, 0.4) is 0 Å². The summed E-state index contributed by atoms with van der Waals surface area (Å²) in [5.74, 6) is 0.687. The van der Waals surface area contributed by atoms with E-state index in [2.05, 4.69) is 22.0 Å². The van der Waals surface area contributed by atoms with Crippen LogP contribution in [0.15, 0.2) is 10.5 Å². The van der Waals surface area contributed by atoms with Crippen molar-refractivity contribution in [2.75, 3.05) is 7.11 Å². The molecule has 0 aromatic heterocycles. The first-order valence-corrected chi connectivity index (χ1v) is 4.24. The highest BCUT2D eigenvalue weighted by Gasteiger charge is 2.05. The first-order valence-electron chi connectivity index (χ1n) is 3.07. The molecule has 1 aromatic carbocycles. The van der Waals surface area contributed by atoms with Crippen LogP contribution in [0.25, 0.3) is 0 Å². The summed E-state index contributed by atoms with van der Waals surface area (Å²) in [7, 11) is 1.60. The molecule has 0 amide bonds. The molecule has 1 nitrogen and oxygen atoms in total. The van der Waals surface area contributed by atoms with Gasteiger partial charge in [0.25, 0.3) is 0 Å². The third kappa shape index (κ3) is 1.68. The Bertz CT molecular complexity index is 273. The first-order chi connectivity index (χ1) is 5.16. The normalized spacial score (nSPS) is 9.82. The molecule has 11 heavy (non-hydrogen) atoms. The lowest BCUT2D eigenvalue weighted by atomic mass is 10.2. The molecule has 1 radical (unpaired) electrons. The third-order valence-electron chi connectivity index (χ3n) is 1.42. The van der Waals surface area contributed by atoms with Gasteiger partial charge in [0.05, 0.1) is 11.6 Å². The maximum atomic E-state index is 5.83. The molecule has 0 aliphatic heterocycles. The molecule has 0 heterocycles. The Morgan fingerprint density at radius 3 is 2.82 bits per heavy atom. The number of halogens is 2. The smallest absolute Gasteiger partial charge is 0.141 e. The van der Waals surface area contributed by atoms with E-state index in [1.807, 2.05) is 6.92 Å². The van der Waals surface area contributed by atoms with Crippen molar-refractivity contribution in [3.8, 4) is 5.75 Å². The molecule has 0 aliphatic carbocycles. The number of benzene rings is 1. The van der Waals surface area contributed by atoms with E-state index in [1.54, 1.807) is 13.2 Å². The number of rotatable bonds is 1. The van der Waals surface area contributed by atoms with Crippen molar-refractivity contribution in [1.29, 1.82) is 0 Å². The molecule has 0 spiro atoms. The number of ether oxygens (including phenoxy) is 1. The van der Waals surface area contributed by atoms with E-state index in [4.69, 9.17) is 16.3 Å². The molecule has 0 N–H and O–H groups in total. The molecule has 0 saturated carbocycles. The Hall–Kier alpha value is -0.210. The summed E-state index contributed by atoms with van der Waals surface area (Å²) >= 11 is 9.18. The van der Waals surface area contributed by atoms with Gasteiger partial charge in [0, 0.05) is 11.1 Å². The lowest BCUT2D eigenvalue weighted by Crippen LogP contribution is -1.87. The summed E-state index contributed by atoms with van der Waals surface area (Å²) in [5.41, 5.74) is 0.974. The van der Waals surface area contributed by atoms with E-state index in [0.717, 1.165) is 10.0 Å². The Labute approximate surface area is 79.4 Å². The van der Waals surface area contributed by atoms with Gasteiger partial charge in [-0.05, 0) is 34.5 Å². The molecule has 0 bridgehead atoms. The molecule has 0 fully saturated rings. The van der Waals surface area contributed by atoms with Gasteiger partial charge >= 0.3 is 0 Å². The number of hydrogen-bond acceptors (Lipinski definition) is 1. The van der Waals surface area contributed by atoms with E-state index >= 15 is 0 Å². The second kappa shape index (κ2) is 3.46. The third-order valence-corrected chi connectivity index (χ3v) is 2.77. The zero-order valence-electron chi connectivity index (χ0n) is 6.24. The minimum absolute atomic E-state index is 0.687. The lowest BCUT2D eigenvalue weighted by molar-refractivity contribution is 0.411. The van der Waals surface area contributed by atoms with Gasteiger partial charge in [0.2, 0.25) is 0 Å². The summed E-state index contributed by atoms with van der Waals surface area (Å²) in [4.78, 5) is 0.